The number of carboxylic acid groups (broad SMARTS) is 2. The number of carboxylic acids is 2. The smallest absolute Gasteiger partial charge is 0.308 e. The lowest BCUT2D eigenvalue weighted by Gasteiger charge is -2.22. The normalized spacial score (nSPS) is 12.8. The van der Waals surface area contributed by atoms with E-state index < -0.39 is 29.8 Å². The fourth-order valence-electron chi connectivity index (χ4n) is 2.78. The minimum Gasteiger partial charge on any atom is -0.481 e. The summed E-state index contributed by atoms with van der Waals surface area (Å²) in [4.78, 5) is 34.0. The SMILES string of the molecule is CC(C(=O)O)[C@@H](Cc1ccc(-c2cccc(Cl)c2)cc1)NC(=O)CCC(=O)O. The molecule has 0 radical (unpaired) electrons. The molecule has 0 fully saturated rings. The van der Waals surface area contributed by atoms with Gasteiger partial charge in [0.15, 0.2) is 0 Å². The van der Waals surface area contributed by atoms with Crippen molar-refractivity contribution in [2.24, 2.45) is 5.92 Å². The summed E-state index contributed by atoms with van der Waals surface area (Å²) in [7, 11) is 0. The molecule has 148 valence electrons. The van der Waals surface area contributed by atoms with E-state index in [1.165, 1.54) is 6.92 Å². The molecule has 0 saturated carbocycles. The van der Waals surface area contributed by atoms with Gasteiger partial charge in [-0.05, 0) is 42.2 Å². The van der Waals surface area contributed by atoms with Gasteiger partial charge >= 0.3 is 11.9 Å². The van der Waals surface area contributed by atoms with Crippen molar-refractivity contribution in [1.29, 1.82) is 0 Å². The van der Waals surface area contributed by atoms with E-state index in [0.717, 1.165) is 16.7 Å². The van der Waals surface area contributed by atoms with Crippen LogP contribution in [0.5, 0.6) is 0 Å². The van der Waals surface area contributed by atoms with Gasteiger partial charge in [0.25, 0.3) is 0 Å². The van der Waals surface area contributed by atoms with Gasteiger partial charge in [0.1, 0.15) is 0 Å². The molecule has 0 bridgehead atoms. The summed E-state index contributed by atoms with van der Waals surface area (Å²) in [6, 6.07) is 14.4. The minimum atomic E-state index is -1.07. The molecule has 0 spiro atoms. The standard InChI is InChI=1S/C21H22ClNO5/c1-13(21(27)28)18(23-19(24)9-10-20(25)26)11-14-5-7-15(8-6-14)16-3-2-4-17(22)12-16/h2-8,12-13,18H,9-11H2,1H3,(H,23,24)(H,25,26)(H,27,28)/t13?,18-/m1/s1. The van der Waals surface area contributed by atoms with Crippen LogP contribution in [0.2, 0.25) is 5.02 Å². The third kappa shape index (κ3) is 6.39. The molecule has 0 saturated heterocycles. The summed E-state index contributed by atoms with van der Waals surface area (Å²) in [6.45, 7) is 1.52. The van der Waals surface area contributed by atoms with Gasteiger partial charge in [0.2, 0.25) is 5.91 Å². The Morgan fingerprint density at radius 2 is 1.68 bits per heavy atom. The molecule has 0 aliphatic heterocycles. The van der Waals surface area contributed by atoms with Crippen molar-refractivity contribution >= 4 is 29.4 Å². The zero-order valence-corrected chi connectivity index (χ0v) is 16.1. The van der Waals surface area contributed by atoms with E-state index >= 15 is 0 Å². The molecule has 1 unspecified atom stereocenters. The quantitative estimate of drug-likeness (QED) is 0.593. The van der Waals surface area contributed by atoms with Crippen LogP contribution in [0.1, 0.15) is 25.3 Å². The summed E-state index contributed by atoms with van der Waals surface area (Å²) in [5.41, 5.74) is 2.80. The molecule has 7 heteroatoms. The van der Waals surface area contributed by atoms with Crippen LogP contribution in [-0.2, 0) is 20.8 Å². The first-order valence-corrected chi connectivity index (χ1v) is 9.23. The molecular weight excluding hydrogens is 382 g/mol. The number of aliphatic carboxylic acids is 2. The van der Waals surface area contributed by atoms with Crippen molar-refractivity contribution in [2.75, 3.05) is 0 Å². The molecule has 0 heterocycles. The van der Waals surface area contributed by atoms with Crippen molar-refractivity contribution in [1.82, 2.24) is 5.32 Å². The first-order chi connectivity index (χ1) is 13.3. The van der Waals surface area contributed by atoms with Crippen LogP contribution in [0.25, 0.3) is 11.1 Å². The van der Waals surface area contributed by atoms with Crippen LogP contribution in [0.3, 0.4) is 0 Å². The zero-order valence-electron chi connectivity index (χ0n) is 15.4. The highest BCUT2D eigenvalue weighted by Gasteiger charge is 2.25. The summed E-state index contributed by atoms with van der Waals surface area (Å²) in [6.07, 6.45) is -0.164. The van der Waals surface area contributed by atoms with E-state index in [1.807, 2.05) is 42.5 Å². The largest absolute Gasteiger partial charge is 0.481 e. The Morgan fingerprint density at radius 3 is 2.25 bits per heavy atom. The number of hydrogen-bond acceptors (Lipinski definition) is 3. The van der Waals surface area contributed by atoms with E-state index in [1.54, 1.807) is 6.07 Å². The highest BCUT2D eigenvalue weighted by atomic mass is 35.5. The molecule has 2 atom stereocenters. The Balaban J connectivity index is 2.11. The van der Waals surface area contributed by atoms with Crippen molar-refractivity contribution in [3.63, 3.8) is 0 Å². The molecule has 0 aromatic heterocycles. The first kappa shape index (κ1) is 21.4. The first-order valence-electron chi connectivity index (χ1n) is 8.85. The van der Waals surface area contributed by atoms with Gasteiger partial charge < -0.3 is 15.5 Å². The van der Waals surface area contributed by atoms with Crippen molar-refractivity contribution in [3.8, 4) is 11.1 Å². The summed E-state index contributed by atoms with van der Waals surface area (Å²) < 4.78 is 0. The van der Waals surface area contributed by atoms with E-state index in [-0.39, 0.29) is 12.8 Å². The Hall–Kier alpha value is -2.86. The lowest BCUT2D eigenvalue weighted by molar-refractivity contribution is -0.143. The molecule has 6 nitrogen and oxygen atoms in total. The van der Waals surface area contributed by atoms with Crippen LogP contribution in [0.4, 0.5) is 0 Å². The van der Waals surface area contributed by atoms with Crippen molar-refractivity contribution in [2.45, 2.75) is 32.2 Å². The second-order valence-electron chi connectivity index (χ2n) is 6.61. The average Bonchev–Trinajstić information content (AvgIpc) is 2.65. The number of nitrogens with one attached hydrogen (secondary N) is 1. The lowest BCUT2D eigenvalue weighted by Crippen LogP contribution is -2.43. The maximum Gasteiger partial charge on any atom is 0.308 e. The summed E-state index contributed by atoms with van der Waals surface area (Å²) in [5, 5.41) is 21.3. The predicted molar refractivity (Wildman–Crippen MR) is 106 cm³/mol. The summed E-state index contributed by atoms with van der Waals surface area (Å²) in [5.74, 6) is -3.40. The highest BCUT2D eigenvalue weighted by Crippen LogP contribution is 2.23. The number of rotatable bonds is 9. The van der Waals surface area contributed by atoms with Crippen molar-refractivity contribution in [3.05, 3.63) is 59.1 Å². The van der Waals surface area contributed by atoms with Crippen LogP contribution < -0.4 is 5.32 Å². The van der Waals surface area contributed by atoms with E-state index in [4.69, 9.17) is 16.7 Å². The molecular formula is C21H22ClNO5. The fourth-order valence-corrected chi connectivity index (χ4v) is 2.97. The molecule has 2 rings (SSSR count). The highest BCUT2D eigenvalue weighted by molar-refractivity contribution is 6.30. The van der Waals surface area contributed by atoms with Gasteiger partial charge in [-0.25, -0.2) is 0 Å². The Labute approximate surface area is 168 Å². The molecule has 28 heavy (non-hydrogen) atoms. The van der Waals surface area contributed by atoms with Gasteiger partial charge in [0, 0.05) is 17.5 Å². The van der Waals surface area contributed by atoms with Crippen LogP contribution in [-0.4, -0.2) is 34.1 Å². The van der Waals surface area contributed by atoms with Crippen LogP contribution >= 0.6 is 11.6 Å². The van der Waals surface area contributed by atoms with Gasteiger partial charge in [-0.2, -0.15) is 0 Å². The van der Waals surface area contributed by atoms with Gasteiger partial charge in [-0.3, -0.25) is 14.4 Å². The third-order valence-electron chi connectivity index (χ3n) is 4.47. The molecule has 3 N–H and O–H groups in total. The summed E-state index contributed by atoms with van der Waals surface area (Å²) >= 11 is 6.02. The zero-order chi connectivity index (χ0) is 20.7. The van der Waals surface area contributed by atoms with Crippen molar-refractivity contribution < 1.29 is 24.6 Å². The Morgan fingerprint density at radius 1 is 1.00 bits per heavy atom. The molecule has 2 aromatic carbocycles. The van der Waals surface area contributed by atoms with Gasteiger partial charge in [-0.15, -0.1) is 0 Å². The van der Waals surface area contributed by atoms with E-state index in [0.29, 0.717) is 11.4 Å². The maximum absolute atomic E-state index is 12.0. The minimum absolute atomic E-state index is 0.189. The Bertz CT molecular complexity index is 850. The number of amides is 1. The van der Waals surface area contributed by atoms with Gasteiger partial charge in [-0.1, -0.05) is 48.0 Å². The van der Waals surface area contributed by atoms with Crippen LogP contribution in [0.15, 0.2) is 48.5 Å². The number of carbonyl (C=O) groups excluding carboxylic acids is 1. The molecule has 0 aliphatic carbocycles. The fraction of sp³-hybridized carbons (Fsp3) is 0.286. The number of hydrogen-bond donors (Lipinski definition) is 3. The Kier molecular flexibility index (Phi) is 7.58. The molecule has 0 aliphatic rings. The topological polar surface area (TPSA) is 104 Å². The number of halogens is 1. The number of carbonyl (C=O) groups is 3. The van der Waals surface area contributed by atoms with Gasteiger partial charge in [0.05, 0.1) is 12.3 Å². The molecule has 1 amide bonds. The lowest BCUT2D eigenvalue weighted by atomic mass is 9.93. The monoisotopic (exact) mass is 403 g/mol. The van der Waals surface area contributed by atoms with Crippen LogP contribution in [0, 0.1) is 5.92 Å². The maximum atomic E-state index is 12.0. The average molecular weight is 404 g/mol. The second-order valence-corrected chi connectivity index (χ2v) is 7.04. The van der Waals surface area contributed by atoms with E-state index in [9.17, 15) is 19.5 Å². The third-order valence-corrected chi connectivity index (χ3v) is 4.71. The second kappa shape index (κ2) is 9.90. The molecule has 2 aromatic rings. The number of benzene rings is 2. The van der Waals surface area contributed by atoms with E-state index in [2.05, 4.69) is 5.32 Å². The predicted octanol–water partition coefficient (Wildman–Crippen LogP) is 3.62.